The summed E-state index contributed by atoms with van der Waals surface area (Å²) in [5.41, 5.74) is 5.24. The number of carbonyl (C=O) groups excluding carboxylic acids is 1. The Labute approximate surface area is 96.1 Å². The Morgan fingerprint density at radius 1 is 1.69 bits per heavy atom. The summed E-state index contributed by atoms with van der Waals surface area (Å²) < 4.78 is 10.5. The molecule has 0 aromatic heterocycles. The van der Waals surface area contributed by atoms with Crippen LogP contribution in [-0.2, 0) is 14.3 Å². The molecule has 0 aromatic carbocycles. The lowest BCUT2D eigenvalue weighted by molar-refractivity contribution is -0.126. The summed E-state index contributed by atoms with van der Waals surface area (Å²) in [6.45, 7) is 3.98. The van der Waals surface area contributed by atoms with Crippen molar-refractivity contribution in [1.29, 1.82) is 0 Å². The zero-order valence-corrected chi connectivity index (χ0v) is 9.78. The van der Waals surface area contributed by atoms with E-state index in [0.29, 0.717) is 19.7 Å². The van der Waals surface area contributed by atoms with E-state index in [4.69, 9.17) is 15.2 Å². The molecule has 1 fully saturated rings. The number of hydrogen-bond acceptors (Lipinski definition) is 5. The van der Waals surface area contributed by atoms with Crippen LogP contribution >= 0.6 is 0 Å². The van der Waals surface area contributed by atoms with E-state index >= 15 is 0 Å². The van der Waals surface area contributed by atoms with Crippen LogP contribution in [0.15, 0.2) is 0 Å². The Hall–Kier alpha value is -0.690. The van der Waals surface area contributed by atoms with E-state index in [1.54, 1.807) is 0 Å². The van der Waals surface area contributed by atoms with Gasteiger partial charge in [0.2, 0.25) is 5.91 Å². The van der Waals surface area contributed by atoms with Crippen molar-refractivity contribution in [2.75, 3.05) is 53.0 Å². The number of likely N-dealkylation sites (N-methyl/N-ethyl adjacent to an activating group) is 1. The van der Waals surface area contributed by atoms with Crippen LogP contribution in [0.2, 0.25) is 0 Å². The van der Waals surface area contributed by atoms with Gasteiger partial charge in [0.25, 0.3) is 0 Å². The number of ether oxygens (including phenoxy) is 2. The zero-order valence-electron chi connectivity index (χ0n) is 9.78. The zero-order chi connectivity index (χ0) is 11.8. The van der Waals surface area contributed by atoms with Crippen LogP contribution in [0.5, 0.6) is 0 Å². The Morgan fingerprint density at radius 3 is 3.19 bits per heavy atom. The molecule has 1 atom stereocenters. The first-order chi connectivity index (χ1) is 7.72. The molecule has 1 unspecified atom stereocenters. The van der Waals surface area contributed by atoms with Gasteiger partial charge in [-0.2, -0.15) is 0 Å². The van der Waals surface area contributed by atoms with Crippen molar-refractivity contribution >= 4 is 5.91 Å². The largest absolute Gasteiger partial charge is 0.374 e. The molecule has 6 nitrogen and oxygen atoms in total. The molecule has 3 N–H and O–H groups in total. The van der Waals surface area contributed by atoms with Crippen LogP contribution < -0.4 is 11.1 Å². The minimum Gasteiger partial charge on any atom is -0.374 e. The van der Waals surface area contributed by atoms with Crippen LogP contribution in [0.25, 0.3) is 0 Å². The molecule has 0 aliphatic carbocycles. The smallest absolute Gasteiger partial charge is 0.246 e. The molecule has 94 valence electrons. The van der Waals surface area contributed by atoms with Crippen LogP contribution in [0, 0.1) is 0 Å². The summed E-state index contributed by atoms with van der Waals surface area (Å²) >= 11 is 0. The summed E-state index contributed by atoms with van der Waals surface area (Å²) in [5.74, 6) is -0.120. The number of nitrogens with two attached hydrogens (primary N) is 1. The van der Waals surface area contributed by atoms with E-state index in [0.717, 1.165) is 19.7 Å². The number of amides is 1. The fourth-order valence-electron chi connectivity index (χ4n) is 1.52. The Balaban J connectivity index is 2.06. The molecule has 1 amide bonds. The third kappa shape index (κ3) is 5.41. The average molecular weight is 231 g/mol. The van der Waals surface area contributed by atoms with Crippen molar-refractivity contribution in [2.45, 2.75) is 6.10 Å². The number of nitrogens with one attached hydrogen (secondary N) is 1. The third-order valence-corrected chi connectivity index (χ3v) is 2.36. The molecule has 0 aromatic rings. The van der Waals surface area contributed by atoms with E-state index in [1.165, 1.54) is 0 Å². The number of hydrogen-bond donors (Lipinski definition) is 2. The number of carbonyl (C=O) groups is 1. The van der Waals surface area contributed by atoms with Crippen molar-refractivity contribution in [3.8, 4) is 0 Å². The highest BCUT2D eigenvalue weighted by Crippen LogP contribution is 2.01. The average Bonchev–Trinajstić information content (AvgIpc) is 2.27. The molecule has 6 heteroatoms. The Morgan fingerprint density at radius 2 is 2.50 bits per heavy atom. The SMILES string of the molecule is CN1CCOC(CNC(=O)COCCN)C1. The predicted molar refractivity (Wildman–Crippen MR) is 60.1 cm³/mol. The van der Waals surface area contributed by atoms with Gasteiger partial charge in [-0.05, 0) is 7.05 Å². The maximum atomic E-state index is 11.3. The van der Waals surface area contributed by atoms with E-state index in [2.05, 4.69) is 10.2 Å². The Bertz CT molecular complexity index is 213. The highest BCUT2D eigenvalue weighted by molar-refractivity contribution is 5.77. The lowest BCUT2D eigenvalue weighted by atomic mass is 10.3. The topological polar surface area (TPSA) is 76.8 Å². The van der Waals surface area contributed by atoms with Gasteiger partial charge in [0.05, 0.1) is 19.3 Å². The molecule has 1 aliphatic rings. The van der Waals surface area contributed by atoms with Crippen LogP contribution in [0.4, 0.5) is 0 Å². The molecule has 16 heavy (non-hydrogen) atoms. The second kappa shape index (κ2) is 7.56. The summed E-state index contributed by atoms with van der Waals surface area (Å²) in [7, 11) is 2.04. The van der Waals surface area contributed by atoms with Gasteiger partial charge in [-0.1, -0.05) is 0 Å². The molecule has 0 bridgehead atoms. The quantitative estimate of drug-likeness (QED) is 0.539. The van der Waals surface area contributed by atoms with Gasteiger partial charge in [-0.15, -0.1) is 0 Å². The van der Waals surface area contributed by atoms with Gasteiger partial charge in [0, 0.05) is 26.2 Å². The molecular formula is C10H21N3O3. The summed E-state index contributed by atoms with van der Waals surface area (Å²) in [4.78, 5) is 13.5. The van der Waals surface area contributed by atoms with Gasteiger partial charge in [-0.25, -0.2) is 0 Å². The van der Waals surface area contributed by atoms with E-state index < -0.39 is 0 Å². The fourth-order valence-corrected chi connectivity index (χ4v) is 1.52. The first-order valence-corrected chi connectivity index (χ1v) is 5.57. The molecule has 1 rings (SSSR count). The molecule has 0 saturated carbocycles. The normalized spacial score (nSPS) is 22.0. The maximum Gasteiger partial charge on any atom is 0.246 e. The third-order valence-electron chi connectivity index (χ3n) is 2.36. The molecule has 1 saturated heterocycles. The van der Waals surface area contributed by atoms with Crippen LogP contribution in [0.1, 0.15) is 0 Å². The second-order valence-corrected chi connectivity index (χ2v) is 3.90. The number of nitrogens with zero attached hydrogens (tertiary/aromatic N) is 1. The summed E-state index contributed by atoms with van der Waals surface area (Å²) in [5, 5.41) is 2.78. The Kier molecular flexibility index (Phi) is 6.32. The van der Waals surface area contributed by atoms with Crippen molar-refractivity contribution in [2.24, 2.45) is 5.73 Å². The van der Waals surface area contributed by atoms with E-state index in [9.17, 15) is 4.79 Å². The van der Waals surface area contributed by atoms with Crippen molar-refractivity contribution in [3.05, 3.63) is 0 Å². The summed E-state index contributed by atoms with van der Waals surface area (Å²) in [6, 6.07) is 0. The number of rotatable bonds is 6. The first-order valence-electron chi connectivity index (χ1n) is 5.57. The lowest BCUT2D eigenvalue weighted by Crippen LogP contribution is -2.46. The highest BCUT2D eigenvalue weighted by Gasteiger charge is 2.17. The standard InChI is InChI=1S/C10H21N3O3/c1-13-3-5-16-9(7-13)6-12-10(14)8-15-4-2-11/h9H,2-8,11H2,1H3,(H,12,14). The van der Waals surface area contributed by atoms with Crippen molar-refractivity contribution < 1.29 is 14.3 Å². The molecule has 1 aliphatic heterocycles. The minimum absolute atomic E-state index is 0.0692. The maximum absolute atomic E-state index is 11.3. The summed E-state index contributed by atoms with van der Waals surface area (Å²) in [6.07, 6.45) is 0.0807. The molecule has 0 radical (unpaired) electrons. The first kappa shape index (κ1) is 13.4. The molecule has 0 spiro atoms. The van der Waals surface area contributed by atoms with Crippen molar-refractivity contribution in [3.63, 3.8) is 0 Å². The van der Waals surface area contributed by atoms with Crippen LogP contribution in [-0.4, -0.2) is 70.0 Å². The van der Waals surface area contributed by atoms with Gasteiger partial charge in [0.15, 0.2) is 0 Å². The highest BCUT2D eigenvalue weighted by atomic mass is 16.5. The minimum atomic E-state index is -0.120. The molecular weight excluding hydrogens is 210 g/mol. The monoisotopic (exact) mass is 231 g/mol. The van der Waals surface area contributed by atoms with E-state index in [1.807, 2.05) is 7.05 Å². The molecule has 1 heterocycles. The lowest BCUT2D eigenvalue weighted by Gasteiger charge is -2.30. The fraction of sp³-hybridized carbons (Fsp3) is 0.900. The van der Waals surface area contributed by atoms with Crippen LogP contribution in [0.3, 0.4) is 0 Å². The number of morpholine rings is 1. The van der Waals surface area contributed by atoms with Gasteiger partial charge >= 0.3 is 0 Å². The van der Waals surface area contributed by atoms with Gasteiger partial charge < -0.3 is 25.4 Å². The second-order valence-electron chi connectivity index (χ2n) is 3.90. The van der Waals surface area contributed by atoms with Gasteiger partial charge in [-0.3, -0.25) is 4.79 Å². The van der Waals surface area contributed by atoms with E-state index in [-0.39, 0.29) is 18.6 Å². The predicted octanol–water partition coefficient (Wildman–Crippen LogP) is -1.59. The van der Waals surface area contributed by atoms with Crippen molar-refractivity contribution in [1.82, 2.24) is 10.2 Å². The van der Waals surface area contributed by atoms with Gasteiger partial charge in [0.1, 0.15) is 6.61 Å².